The van der Waals surface area contributed by atoms with Crippen LogP contribution in [-0.2, 0) is 0 Å². The second-order valence-corrected chi connectivity index (χ2v) is 12.9. The van der Waals surface area contributed by atoms with Crippen LogP contribution in [0.3, 0.4) is 0 Å². The molecule has 0 unspecified atom stereocenters. The predicted octanol–water partition coefficient (Wildman–Crippen LogP) is 13.8. The van der Waals surface area contributed by atoms with Gasteiger partial charge in [-0.3, -0.25) is 0 Å². The van der Waals surface area contributed by atoms with Crippen molar-refractivity contribution in [2.45, 2.75) is 0 Å². The van der Waals surface area contributed by atoms with Crippen LogP contribution in [0.2, 0.25) is 0 Å². The molecule has 0 aliphatic rings. The zero-order chi connectivity index (χ0) is 33.0. The van der Waals surface area contributed by atoms with Gasteiger partial charge in [0.05, 0.1) is 11.1 Å². The number of furan rings is 1. The number of fused-ring (bicyclic) bond motifs is 8. The van der Waals surface area contributed by atoms with Gasteiger partial charge in [-0.25, -0.2) is 0 Å². The molecule has 0 spiro atoms. The summed E-state index contributed by atoms with van der Waals surface area (Å²) < 4.78 is 6.41. The molecule has 2 nitrogen and oxygen atoms in total. The molecule has 1 aromatic heterocycles. The third kappa shape index (κ3) is 4.57. The highest BCUT2D eigenvalue weighted by atomic mass is 16.3. The molecular formula is C48H31NO. The molecule has 234 valence electrons. The van der Waals surface area contributed by atoms with Crippen LogP contribution >= 0.6 is 0 Å². The van der Waals surface area contributed by atoms with Gasteiger partial charge in [-0.15, -0.1) is 0 Å². The van der Waals surface area contributed by atoms with E-state index in [9.17, 15) is 0 Å². The Kier molecular flexibility index (Phi) is 6.53. The third-order valence-electron chi connectivity index (χ3n) is 10.0. The highest BCUT2D eigenvalue weighted by Crippen LogP contribution is 2.46. The minimum atomic E-state index is 0.872. The van der Waals surface area contributed by atoms with Crippen molar-refractivity contribution in [2.24, 2.45) is 0 Å². The summed E-state index contributed by atoms with van der Waals surface area (Å²) >= 11 is 0. The van der Waals surface area contributed by atoms with Gasteiger partial charge >= 0.3 is 0 Å². The van der Waals surface area contributed by atoms with E-state index in [1.165, 1.54) is 54.6 Å². The molecule has 0 radical (unpaired) electrons. The molecule has 0 N–H and O–H groups in total. The molecule has 2 heteroatoms. The van der Waals surface area contributed by atoms with E-state index < -0.39 is 0 Å². The van der Waals surface area contributed by atoms with Crippen molar-refractivity contribution in [2.75, 3.05) is 4.90 Å². The van der Waals surface area contributed by atoms with Gasteiger partial charge < -0.3 is 9.32 Å². The van der Waals surface area contributed by atoms with Crippen molar-refractivity contribution in [1.29, 1.82) is 0 Å². The topological polar surface area (TPSA) is 16.4 Å². The predicted molar refractivity (Wildman–Crippen MR) is 212 cm³/mol. The van der Waals surface area contributed by atoms with Gasteiger partial charge in [0, 0.05) is 16.8 Å². The van der Waals surface area contributed by atoms with Crippen molar-refractivity contribution < 1.29 is 4.42 Å². The minimum absolute atomic E-state index is 0.872. The molecule has 0 bridgehead atoms. The molecule has 0 atom stereocenters. The van der Waals surface area contributed by atoms with Gasteiger partial charge in [-0.2, -0.15) is 0 Å². The average Bonchev–Trinajstić information content (AvgIpc) is 3.58. The van der Waals surface area contributed by atoms with Crippen molar-refractivity contribution in [3.63, 3.8) is 0 Å². The van der Waals surface area contributed by atoms with Crippen LogP contribution in [0.5, 0.6) is 0 Å². The Morgan fingerprint density at radius 3 is 1.72 bits per heavy atom. The van der Waals surface area contributed by atoms with E-state index in [1.807, 2.05) is 6.07 Å². The first-order valence-electron chi connectivity index (χ1n) is 17.1. The number of hydrogen-bond acceptors (Lipinski definition) is 2. The second kappa shape index (κ2) is 11.5. The Balaban J connectivity index is 1.24. The first-order chi connectivity index (χ1) is 24.8. The summed E-state index contributed by atoms with van der Waals surface area (Å²) in [5.74, 6) is 0. The molecule has 10 aromatic rings. The van der Waals surface area contributed by atoms with Crippen molar-refractivity contribution in [3.8, 4) is 22.3 Å². The molecule has 50 heavy (non-hydrogen) atoms. The van der Waals surface area contributed by atoms with Gasteiger partial charge in [-0.05, 0) is 97.0 Å². The van der Waals surface area contributed by atoms with Crippen LogP contribution in [0.15, 0.2) is 192 Å². The van der Waals surface area contributed by atoms with Crippen LogP contribution in [-0.4, -0.2) is 0 Å². The standard InChI is InChI=1S/C48H31NO/c1-3-12-32(13-4-1)39-28-25-37(31-44(39)33-14-5-2-6-15-33)49(45-19-11-21-47-48(45)43-18-9-10-20-46(43)50-47)36-24-29-40-35(30-36)23-27-41-38-17-8-7-16-34(38)22-26-42(40)41/h1-31H. The lowest BCUT2D eigenvalue weighted by Crippen LogP contribution is -2.10. The normalized spacial score (nSPS) is 11.6. The van der Waals surface area contributed by atoms with Gasteiger partial charge in [0.15, 0.2) is 0 Å². The van der Waals surface area contributed by atoms with Crippen molar-refractivity contribution in [1.82, 2.24) is 0 Å². The monoisotopic (exact) mass is 637 g/mol. The number of rotatable bonds is 5. The summed E-state index contributed by atoms with van der Waals surface area (Å²) in [5, 5.41) is 9.73. The Bertz CT molecular complexity index is 2870. The SMILES string of the molecule is c1ccc(-c2ccc(N(c3ccc4c(ccc5c6ccccc6ccc45)c3)c3cccc4oc5ccccc5c34)cc2-c2ccccc2)cc1. The first kappa shape index (κ1) is 28.4. The van der Waals surface area contributed by atoms with E-state index in [-0.39, 0.29) is 0 Å². The van der Waals surface area contributed by atoms with Gasteiger partial charge in [0.25, 0.3) is 0 Å². The lowest BCUT2D eigenvalue weighted by Gasteiger charge is -2.28. The molecule has 0 aliphatic carbocycles. The summed E-state index contributed by atoms with van der Waals surface area (Å²) in [4.78, 5) is 2.40. The number of benzene rings is 9. The number of anilines is 3. The molecular weight excluding hydrogens is 607 g/mol. The Morgan fingerprint density at radius 2 is 0.920 bits per heavy atom. The summed E-state index contributed by atoms with van der Waals surface area (Å²) in [7, 11) is 0. The van der Waals surface area contributed by atoms with E-state index in [2.05, 4.69) is 187 Å². The van der Waals surface area contributed by atoms with Crippen LogP contribution in [0.1, 0.15) is 0 Å². The zero-order valence-electron chi connectivity index (χ0n) is 27.3. The Hall–Kier alpha value is -6.64. The Labute approximate surface area is 290 Å². The summed E-state index contributed by atoms with van der Waals surface area (Å²) in [6, 6.07) is 67.6. The van der Waals surface area contributed by atoms with Crippen LogP contribution in [0.25, 0.3) is 76.5 Å². The average molecular weight is 638 g/mol. The maximum atomic E-state index is 6.41. The molecule has 0 amide bonds. The molecule has 0 saturated carbocycles. The number of para-hydroxylation sites is 1. The van der Waals surface area contributed by atoms with Gasteiger partial charge in [-0.1, -0.05) is 146 Å². The third-order valence-corrected chi connectivity index (χ3v) is 10.0. The highest BCUT2D eigenvalue weighted by molar-refractivity contribution is 6.18. The molecule has 0 fully saturated rings. The van der Waals surface area contributed by atoms with Crippen LogP contribution < -0.4 is 4.90 Å². The van der Waals surface area contributed by atoms with E-state index in [1.54, 1.807) is 0 Å². The smallest absolute Gasteiger partial charge is 0.137 e. The molecule has 0 saturated heterocycles. The summed E-state index contributed by atoms with van der Waals surface area (Å²) in [6.45, 7) is 0. The largest absolute Gasteiger partial charge is 0.456 e. The van der Waals surface area contributed by atoms with Crippen LogP contribution in [0.4, 0.5) is 17.1 Å². The van der Waals surface area contributed by atoms with E-state index in [0.717, 1.165) is 39.0 Å². The lowest BCUT2D eigenvalue weighted by atomic mass is 9.93. The summed E-state index contributed by atoms with van der Waals surface area (Å²) in [6.07, 6.45) is 0. The summed E-state index contributed by atoms with van der Waals surface area (Å²) in [5.41, 5.74) is 9.74. The number of hydrogen-bond donors (Lipinski definition) is 0. The van der Waals surface area contributed by atoms with E-state index in [4.69, 9.17) is 4.42 Å². The molecule has 9 aromatic carbocycles. The Morgan fingerprint density at radius 1 is 0.340 bits per heavy atom. The first-order valence-corrected chi connectivity index (χ1v) is 17.1. The van der Waals surface area contributed by atoms with Crippen molar-refractivity contribution in [3.05, 3.63) is 188 Å². The van der Waals surface area contributed by atoms with Crippen molar-refractivity contribution >= 4 is 71.3 Å². The van der Waals surface area contributed by atoms with Gasteiger partial charge in [0.2, 0.25) is 0 Å². The molecule has 1 heterocycles. The maximum absolute atomic E-state index is 6.41. The second-order valence-electron chi connectivity index (χ2n) is 12.9. The fourth-order valence-electron chi connectivity index (χ4n) is 7.72. The lowest BCUT2D eigenvalue weighted by molar-refractivity contribution is 0.669. The quantitative estimate of drug-likeness (QED) is 0.175. The van der Waals surface area contributed by atoms with E-state index >= 15 is 0 Å². The maximum Gasteiger partial charge on any atom is 0.137 e. The molecule has 0 aliphatic heterocycles. The van der Waals surface area contributed by atoms with E-state index in [0.29, 0.717) is 0 Å². The highest BCUT2D eigenvalue weighted by Gasteiger charge is 2.21. The zero-order valence-corrected chi connectivity index (χ0v) is 27.3. The number of nitrogens with zero attached hydrogens (tertiary/aromatic N) is 1. The minimum Gasteiger partial charge on any atom is -0.456 e. The molecule has 10 rings (SSSR count). The fraction of sp³-hybridized carbons (Fsp3) is 0. The van der Waals surface area contributed by atoms with Gasteiger partial charge in [0.1, 0.15) is 11.2 Å². The van der Waals surface area contributed by atoms with Crippen LogP contribution in [0, 0.1) is 0 Å². The fourth-order valence-corrected chi connectivity index (χ4v) is 7.72.